The van der Waals surface area contributed by atoms with Gasteiger partial charge in [-0.25, -0.2) is 0 Å². The monoisotopic (exact) mass is 370 g/mol. The fourth-order valence-electron chi connectivity index (χ4n) is 2.86. The molecule has 1 amide bonds. The van der Waals surface area contributed by atoms with E-state index in [0.29, 0.717) is 24.2 Å². The van der Waals surface area contributed by atoms with Crippen molar-refractivity contribution >= 4 is 18.6 Å². The maximum atomic E-state index is 12.8. The zero-order valence-electron chi connectivity index (χ0n) is 16.5. The van der Waals surface area contributed by atoms with Crippen molar-refractivity contribution < 1.29 is 9.53 Å². The number of aromatic nitrogens is 3. The van der Waals surface area contributed by atoms with Gasteiger partial charge in [0.25, 0.3) is 5.91 Å². The number of methoxy groups -OCH3 is 1. The highest BCUT2D eigenvalue weighted by Gasteiger charge is 2.18. The van der Waals surface area contributed by atoms with Gasteiger partial charge in [0, 0.05) is 24.2 Å². The van der Waals surface area contributed by atoms with E-state index < -0.39 is 0 Å². The van der Waals surface area contributed by atoms with Crippen molar-refractivity contribution in [3.8, 4) is 0 Å². The van der Waals surface area contributed by atoms with Crippen LogP contribution in [0.15, 0.2) is 30.6 Å². The Bertz CT molecular complexity index is 878. The maximum Gasteiger partial charge on any atom is 0.268 e. The molecule has 146 valence electrons. The number of allylic oxidation sites excluding steroid dienone is 1. The summed E-state index contributed by atoms with van der Waals surface area (Å²) in [4.78, 5) is 15.8. The summed E-state index contributed by atoms with van der Waals surface area (Å²) >= 11 is 0. The Morgan fingerprint density at radius 3 is 2.96 bits per heavy atom. The van der Waals surface area contributed by atoms with E-state index in [2.05, 4.69) is 35.5 Å². The molecule has 6 heteroatoms. The van der Waals surface area contributed by atoms with Crippen molar-refractivity contribution in [2.24, 2.45) is 0 Å². The van der Waals surface area contributed by atoms with Crippen molar-refractivity contribution in [2.75, 3.05) is 13.7 Å². The molecule has 2 heterocycles. The summed E-state index contributed by atoms with van der Waals surface area (Å²) in [6.07, 6.45) is 8.64. The number of H-pyrrole nitrogens is 1. The molecule has 0 aromatic carbocycles. The van der Waals surface area contributed by atoms with Crippen molar-refractivity contribution in [1.29, 1.82) is 0 Å². The van der Waals surface area contributed by atoms with Crippen LogP contribution in [0.25, 0.3) is 12.7 Å². The number of hydrogen-bond donors (Lipinski definition) is 2. The van der Waals surface area contributed by atoms with Gasteiger partial charge >= 0.3 is 0 Å². The van der Waals surface area contributed by atoms with Crippen LogP contribution in [0.2, 0.25) is 0 Å². The number of amides is 1. The van der Waals surface area contributed by atoms with Gasteiger partial charge in [-0.2, -0.15) is 5.10 Å². The number of nitrogens with zero attached hydrogens (tertiary/aromatic N) is 2. The number of rotatable bonds is 10. The summed E-state index contributed by atoms with van der Waals surface area (Å²) in [5.74, 6) is -0.146. The lowest BCUT2D eigenvalue weighted by atomic mass is 10.0. The van der Waals surface area contributed by atoms with Crippen molar-refractivity contribution in [1.82, 2.24) is 20.1 Å². The van der Waals surface area contributed by atoms with Crippen LogP contribution in [0, 0.1) is 0 Å². The highest BCUT2D eigenvalue weighted by atomic mass is 16.5. The van der Waals surface area contributed by atoms with Crippen molar-refractivity contribution in [3.63, 3.8) is 0 Å². The fourth-order valence-corrected chi connectivity index (χ4v) is 2.86. The summed E-state index contributed by atoms with van der Waals surface area (Å²) in [7, 11) is 1.67. The number of carbonyl (C=O) groups is 1. The first-order chi connectivity index (χ1) is 12.9. The van der Waals surface area contributed by atoms with Crippen molar-refractivity contribution in [2.45, 2.75) is 45.7 Å². The number of carbonyl (C=O) groups excluding carboxylic acids is 1. The number of hydrogen-bond acceptors (Lipinski definition) is 3. The molecule has 0 aliphatic heterocycles. The quantitative estimate of drug-likeness (QED) is 0.674. The molecule has 2 aromatic rings. The van der Waals surface area contributed by atoms with Crippen molar-refractivity contribution in [3.05, 3.63) is 52.4 Å². The van der Waals surface area contributed by atoms with Crippen LogP contribution >= 0.6 is 0 Å². The normalized spacial score (nSPS) is 12.9. The van der Waals surface area contributed by atoms with E-state index >= 15 is 0 Å². The molecule has 6 nitrogen and oxygen atoms in total. The van der Waals surface area contributed by atoms with E-state index in [1.165, 1.54) is 0 Å². The minimum absolute atomic E-state index is 0.0844. The van der Waals surface area contributed by atoms with E-state index in [9.17, 15) is 4.79 Å². The first-order valence-corrected chi connectivity index (χ1v) is 9.32. The third-order valence-corrected chi connectivity index (χ3v) is 4.31. The summed E-state index contributed by atoms with van der Waals surface area (Å²) in [5.41, 5.74) is 2.42. The van der Waals surface area contributed by atoms with Gasteiger partial charge in [0.15, 0.2) is 0 Å². The zero-order valence-corrected chi connectivity index (χ0v) is 16.5. The van der Waals surface area contributed by atoms with Gasteiger partial charge < -0.3 is 15.0 Å². The second-order valence-electron chi connectivity index (χ2n) is 6.81. The van der Waals surface area contributed by atoms with Gasteiger partial charge in [0.1, 0.15) is 5.69 Å². The molecule has 2 aromatic heterocycles. The molecule has 0 radical (unpaired) electrons. The molecular formula is C21H30N4O2. The van der Waals surface area contributed by atoms with Crippen LogP contribution in [0.4, 0.5) is 0 Å². The van der Waals surface area contributed by atoms with Crippen LogP contribution in [-0.2, 0) is 11.3 Å². The third kappa shape index (κ3) is 5.96. The van der Waals surface area contributed by atoms with E-state index in [0.717, 1.165) is 35.6 Å². The molecule has 1 unspecified atom stereocenters. The van der Waals surface area contributed by atoms with E-state index in [-0.39, 0.29) is 11.9 Å². The van der Waals surface area contributed by atoms with E-state index in [1.54, 1.807) is 7.11 Å². The average Bonchev–Trinajstić information content (AvgIpc) is 3.23. The summed E-state index contributed by atoms with van der Waals surface area (Å²) in [6.45, 7) is 13.2. The van der Waals surface area contributed by atoms with Gasteiger partial charge in [-0.15, -0.1) is 0 Å². The Hall–Kier alpha value is -2.60. The fraction of sp³-hybridized carbons (Fsp3) is 0.429. The van der Waals surface area contributed by atoms with E-state index in [4.69, 9.17) is 4.74 Å². The molecule has 0 fully saturated rings. The molecule has 0 aliphatic carbocycles. The smallest absolute Gasteiger partial charge is 0.268 e. The number of ether oxygens (including phenoxy) is 1. The highest BCUT2D eigenvalue weighted by Crippen LogP contribution is 2.19. The van der Waals surface area contributed by atoms with Gasteiger partial charge in [0.2, 0.25) is 0 Å². The zero-order chi connectivity index (χ0) is 19.8. The van der Waals surface area contributed by atoms with Crippen LogP contribution < -0.4 is 15.9 Å². The molecular weight excluding hydrogens is 340 g/mol. The molecule has 0 saturated carbocycles. The molecule has 0 spiro atoms. The lowest BCUT2D eigenvalue weighted by molar-refractivity contribution is 0.0929. The Morgan fingerprint density at radius 2 is 2.30 bits per heavy atom. The van der Waals surface area contributed by atoms with Crippen LogP contribution in [0.3, 0.4) is 0 Å². The molecule has 0 aliphatic rings. The first kappa shape index (κ1) is 20.7. The highest BCUT2D eigenvalue weighted by molar-refractivity contribution is 5.92. The molecule has 0 bridgehead atoms. The lowest BCUT2D eigenvalue weighted by Crippen LogP contribution is -2.29. The molecule has 2 rings (SSSR count). The summed E-state index contributed by atoms with van der Waals surface area (Å²) in [5, 5.41) is 9.08. The van der Waals surface area contributed by atoms with Crippen LogP contribution in [-0.4, -0.2) is 34.4 Å². The van der Waals surface area contributed by atoms with Crippen LogP contribution in [0.5, 0.6) is 0 Å². The predicted octanol–water partition coefficient (Wildman–Crippen LogP) is 2.29. The largest absolute Gasteiger partial charge is 0.383 e. The second-order valence-corrected chi connectivity index (χ2v) is 6.81. The molecule has 27 heavy (non-hydrogen) atoms. The third-order valence-electron chi connectivity index (χ3n) is 4.31. The second kappa shape index (κ2) is 9.92. The Kier molecular flexibility index (Phi) is 7.61. The first-order valence-electron chi connectivity index (χ1n) is 9.32. The van der Waals surface area contributed by atoms with Gasteiger partial charge in [-0.05, 0) is 24.6 Å². The Morgan fingerprint density at radius 1 is 1.52 bits per heavy atom. The van der Waals surface area contributed by atoms with Gasteiger partial charge in [0.05, 0.1) is 25.4 Å². The van der Waals surface area contributed by atoms with E-state index in [1.807, 2.05) is 36.1 Å². The van der Waals surface area contributed by atoms with Gasteiger partial charge in [-0.3, -0.25) is 9.48 Å². The lowest BCUT2D eigenvalue weighted by Gasteiger charge is -2.16. The van der Waals surface area contributed by atoms with Gasteiger partial charge in [-0.1, -0.05) is 44.6 Å². The topological polar surface area (TPSA) is 71.9 Å². The number of unbranched alkanes of at least 4 members (excludes halogenated alkanes) is 1. The molecule has 1 atom stereocenters. The number of nitrogens with one attached hydrogen (secondary N) is 2. The SMILES string of the molecule is C=C(C)/C=c1/cc(C(=O)NC(CCCC)c2cnn(CCOC)c2)[nH]c1=C. The van der Waals surface area contributed by atoms with Crippen LogP contribution in [0.1, 0.15) is 55.2 Å². The predicted molar refractivity (Wildman–Crippen MR) is 109 cm³/mol. The average molecular weight is 370 g/mol. The molecule has 2 N–H and O–H groups in total. The Balaban J connectivity index is 2.18. The minimum atomic E-state index is -0.146. The maximum absolute atomic E-state index is 12.8. The summed E-state index contributed by atoms with van der Waals surface area (Å²) in [6, 6.07) is 1.73. The Labute approximate surface area is 160 Å². The standard InChI is InChI=1S/C21H30N4O2/c1-6-7-8-19(18-13-22-25(14-18)9-10-27-5)24-21(26)20-12-17(11-15(2)3)16(4)23-20/h11-14,19,23H,2,4,6-10H2,1,3,5H3,(H,24,26)/b17-11-. The number of aromatic amines is 1. The minimum Gasteiger partial charge on any atom is -0.383 e. The summed E-state index contributed by atoms with van der Waals surface area (Å²) < 4.78 is 6.93. The molecule has 0 saturated heterocycles.